The van der Waals surface area contributed by atoms with Gasteiger partial charge >= 0.3 is 0 Å². The van der Waals surface area contributed by atoms with E-state index in [0.717, 1.165) is 90.5 Å². The number of benzene rings is 1. The average molecular weight is 363 g/mol. The summed E-state index contributed by atoms with van der Waals surface area (Å²) in [4.78, 5) is 4.88. The highest BCUT2D eigenvalue weighted by atomic mass is 16.5. The third-order valence-electron chi connectivity index (χ3n) is 5.48. The van der Waals surface area contributed by atoms with Crippen molar-refractivity contribution in [2.45, 2.75) is 44.8 Å². The normalized spacial score (nSPS) is 25.8. The van der Waals surface area contributed by atoms with Crippen molar-refractivity contribution in [3.8, 4) is 5.75 Å². The zero-order chi connectivity index (χ0) is 18.2. The Balaban J connectivity index is 1.36. The second-order valence-corrected chi connectivity index (χ2v) is 7.93. The van der Waals surface area contributed by atoms with Gasteiger partial charge in [-0.3, -0.25) is 9.80 Å². The maximum atomic E-state index is 10.2. The molecule has 2 aliphatic heterocycles. The van der Waals surface area contributed by atoms with Gasteiger partial charge in [-0.15, -0.1) is 0 Å². The van der Waals surface area contributed by atoms with Crippen molar-refractivity contribution in [3.05, 3.63) is 29.8 Å². The van der Waals surface area contributed by atoms with E-state index in [1.807, 2.05) is 6.92 Å². The molecule has 0 radical (unpaired) electrons. The first kappa shape index (κ1) is 19.6. The predicted octanol–water partition coefficient (Wildman–Crippen LogP) is 2.52. The summed E-state index contributed by atoms with van der Waals surface area (Å²) in [5.41, 5.74) is 0.820. The van der Waals surface area contributed by atoms with Crippen LogP contribution in [0.5, 0.6) is 5.75 Å². The zero-order valence-electron chi connectivity index (χ0n) is 16.2. The van der Waals surface area contributed by atoms with Gasteiger partial charge in [0.1, 0.15) is 5.75 Å². The minimum atomic E-state index is -0.492. The number of aliphatic hydroxyl groups is 1. The van der Waals surface area contributed by atoms with E-state index >= 15 is 0 Å². The largest absolute Gasteiger partial charge is 0.494 e. The lowest BCUT2D eigenvalue weighted by atomic mass is 9.98. The highest BCUT2D eigenvalue weighted by molar-refractivity contribution is 5.27. The van der Waals surface area contributed by atoms with Gasteiger partial charge < -0.3 is 14.6 Å². The molecule has 146 valence electrons. The molecule has 0 amide bonds. The van der Waals surface area contributed by atoms with Crippen LogP contribution in [-0.2, 0) is 11.3 Å². The Morgan fingerprint density at radius 2 is 1.81 bits per heavy atom. The highest BCUT2D eigenvalue weighted by Gasteiger charge is 2.24. The maximum absolute atomic E-state index is 10.2. The van der Waals surface area contributed by atoms with Crippen molar-refractivity contribution in [1.82, 2.24) is 9.80 Å². The quantitative estimate of drug-likeness (QED) is 0.755. The molecule has 1 atom stereocenters. The Labute approximate surface area is 157 Å². The van der Waals surface area contributed by atoms with E-state index in [4.69, 9.17) is 9.47 Å². The van der Waals surface area contributed by atoms with Gasteiger partial charge in [-0.05, 0) is 56.8 Å². The fourth-order valence-corrected chi connectivity index (χ4v) is 3.73. The van der Waals surface area contributed by atoms with Crippen molar-refractivity contribution in [2.24, 2.45) is 0 Å². The van der Waals surface area contributed by atoms with Crippen LogP contribution in [0.3, 0.4) is 0 Å². The minimum absolute atomic E-state index is 0.492. The van der Waals surface area contributed by atoms with Crippen molar-refractivity contribution < 1.29 is 14.6 Å². The third kappa shape index (κ3) is 6.54. The van der Waals surface area contributed by atoms with Gasteiger partial charge in [0.2, 0.25) is 0 Å². The molecule has 26 heavy (non-hydrogen) atoms. The van der Waals surface area contributed by atoms with Crippen LogP contribution in [0.15, 0.2) is 24.3 Å². The van der Waals surface area contributed by atoms with Crippen LogP contribution in [0.1, 0.15) is 38.2 Å². The molecular formula is C21H34N2O3. The fourth-order valence-electron chi connectivity index (χ4n) is 3.73. The molecule has 1 N–H and O–H groups in total. The van der Waals surface area contributed by atoms with E-state index in [9.17, 15) is 5.11 Å². The molecule has 0 bridgehead atoms. The monoisotopic (exact) mass is 362 g/mol. The van der Waals surface area contributed by atoms with Crippen molar-refractivity contribution in [1.29, 1.82) is 0 Å². The maximum Gasteiger partial charge on any atom is 0.119 e. The number of likely N-dealkylation sites (tertiary alicyclic amines) is 1. The number of nitrogens with zero attached hydrogens (tertiary/aromatic N) is 2. The van der Waals surface area contributed by atoms with Gasteiger partial charge in [0.05, 0.1) is 25.4 Å². The molecule has 1 aromatic rings. The third-order valence-corrected chi connectivity index (χ3v) is 5.48. The molecule has 5 heteroatoms. The lowest BCUT2D eigenvalue weighted by Gasteiger charge is -2.26. The molecule has 2 fully saturated rings. The van der Waals surface area contributed by atoms with Gasteiger partial charge in [0, 0.05) is 32.7 Å². The van der Waals surface area contributed by atoms with E-state index in [2.05, 4.69) is 34.1 Å². The summed E-state index contributed by atoms with van der Waals surface area (Å²) in [5, 5.41) is 10.2. The Kier molecular flexibility index (Phi) is 7.32. The van der Waals surface area contributed by atoms with Crippen LogP contribution in [-0.4, -0.2) is 73.1 Å². The van der Waals surface area contributed by atoms with Crippen LogP contribution in [0, 0.1) is 0 Å². The van der Waals surface area contributed by atoms with Crippen LogP contribution in [0.4, 0.5) is 0 Å². The fraction of sp³-hybridized carbons (Fsp3) is 0.714. The Morgan fingerprint density at radius 3 is 2.58 bits per heavy atom. The van der Waals surface area contributed by atoms with Crippen molar-refractivity contribution in [2.75, 3.05) is 52.5 Å². The lowest BCUT2D eigenvalue weighted by molar-refractivity contribution is 0.0358. The van der Waals surface area contributed by atoms with E-state index < -0.39 is 5.60 Å². The van der Waals surface area contributed by atoms with E-state index in [1.54, 1.807) is 0 Å². The molecule has 1 aromatic carbocycles. The first-order valence-electron chi connectivity index (χ1n) is 10.1. The summed E-state index contributed by atoms with van der Waals surface area (Å²) in [6.45, 7) is 10.6. The smallest absolute Gasteiger partial charge is 0.119 e. The summed E-state index contributed by atoms with van der Waals surface area (Å²) < 4.78 is 11.3. The van der Waals surface area contributed by atoms with Crippen LogP contribution >= 0.6 is 0 Å². The molecule has 5 nitrogen and oxygen atoms in total. The molecule has 0 saturated carbocycles. The molecule has 3 rings (SSSR count). The van der Waals surface area contributed by atoms with Crippen molar-refractivity contribution in [3.63, 3.8) is 0 Å². The number of morpholine rings is 1. The second-order valence-electron chi connectivity index (χ2n) is 7.93. The average Bonchev–Trinajstić information content (AvgIpc) is 2.82. The zero-order valence-corrected chi connectivity index (χ0v) is 16.2. The highest BCUT2D eigenvalue weighted by Crippen LogP contribution is 2.23. The van der Waals surface area contributed by atoms with Crippen molar-refractivity contribution >= 4 is 0 Å². The van der Waals surface area contributed by atoms with E-state index in [1.165, 1.54) is 5.56 Å². The first-order chi connectivity index (χ1) is 12.6. The molecule has 2 saturated heterocycles. The standard InChI is InChI=1S/C21H34N2O3/c1-21(24)8-2-10-23(12-9-21)18-19-4-6-20(7-5-19)26-15-3-11-22-13-16-25-17-14-22/h4-7,24H,2-3,8-18H2,1H3/t21-/m1/s1. The molecule has 0 unspecified atom stereocenters. The molecule has 0 aliphatic carbocycles. The Bertz CT molecular complexity index is 527. The van der Waals surface area contributed by atoms with Gasteiger partial charge in [0.25, 0.3) is 0 Å². The van der Waals surface area contributed by atoms with Crippen LogP contribution in [0.2, 0.25) is 0 Å². The number of rotatable bonds is 7. The Hall–Kier alpha value is -1.14. The summed E-state index contributed by atoms with van der Waals surface area (Å²) in [5.74, 6) is 0.953. The summed E-state index contributed by atoms with van der Waals surface area (Å²) in [6, 6.07) is 8.50. The SMILES string of the molecule is C[C@@]1(O)CCCN(Cc2ccc(OCCCN3CCOCC3)cc2)CC1. The van der Waals surface area contributed by atoms with Gasteiger partial charge in [-0.1, -0.05) is 12.1 Å². The lowest BCUT2D eigenvalue weighted by Crippen LogP contribution is -2.37. The minimum Gasteiger partial charge on any atom is -0.494 e. The molecule has 2 heterocycles. The predicted molar refractivity (Wildman–Crippen MR) is 104 cm³/mol. The molecular weight excluding hydrogens is 328 g/mol. The summed E-state index contributed by atoms with van der Waals surface area (Å²) in [7, 11) is 0. The molecule has 2 aliphatic rings. The molecule has 0 aromatic heterocycles. The number of hydrogen-bond donors (Lipinski definition) is 1. The van der Waals surface area contributed by atoms with Gasteiger partial charge in [0.15, 0.2) is 0 Å². The van der Waals surface area contributed by atoms with E-state index in [0.29, 0.717) is 0 Å². The first-order valence-corrected chi connectivity index (χ1v) is 10.1. The molecule has 0 spiro atoms. The van der Waals surface area contributed by atoms with Crippen LogP contribution in [0.25, 0.3) is 0 Å². The number of hydrogen-bond acceptors (Lipinski definition) is 5. The van der Waals surface area contributed by atoms with Crippen LogP contribution < -0.4 is 4.74 Å². The van der Waals surface area contributed by atoms with E-state index in [-0.39, 0.29) is 0 Å². The second kappa shape index (κ2) is 9.70. The van der Waals surface area contributed by atoms with Gasteiger partial charge in [-0.2, -0.15) is 0 Å². The number of ether oxygens (including phenoxy) is 2. The summed E-state index contributed by atoms with van der Waals surface area (Å²) >= 11 is 0. The Morgan fingerprint density at radius 1 is 1.04 bits per heavy atom. The summed E-state index contributed by atoms with van der Waals surface area (Å²) in [6.07, 6.45) is 3.88. The van der Waals surface area contributed by atoms with Gasteiger partial charge in [-0.25, -0.2) is 0 Å². The topological polar surface area (TPSA) is 45.2 Å².